The van der Waals surface area contributed by atoms with Crippen LogP contribution in [0.25, 0.3) is 0 Å². The highest BCUT2D eigenvalue weighted by molar-refractivity contribution is 14.1. The molecule has 0 unspecified atom stereocenters. The quantitative estimate of drug-likeness (QED) is 0.683. The number of H-pyrrole nitrogens is 1. The van der Waals surface area contributed by atoms with Gasteiger partial charge in [0.25, 0.3) is 5.56 Å². The third-order valence-electron chi connectivity index (χ3n) is 1.40. The summed E-state index contributed by atoms with van der Waals surface area (Å²) in [5.74, 6) is 2.67. The second-order valence-electron chi connectivity index (χ2n) is 2.56. The van der Waals surface area contributed by atoms with Crippen LogP contribution in [0, 0.1) is 3.57 Å². The molecule has 0 radical (unpaired) electrons. The van der Waals surface area contributed by atoms with Gasteiger partial charge in [0, 0.05) is 6.20 Å². The Balaban J connectivity index is 2.58. The molecule has 0 spiro atoms. The van der Waals surface area contributed by atoms with E-state index in [1.807, 2.05) is 22.6 Å². The number of hydrogen-bond acceptors (Lipinski definition) is 3. The Kier molecular flexibility index (Phi) is 4.79. The van der Waals surface area contributed by atoms with E-state index < -0.39 is 0 Å². The fourth-order valence-corrected chi connectivity index (χ4v) is 1.85. The van der Waals surface area contributed by atoms with E-state index in [-0.39, 0.29) is 5.56 Å². The highest BCUT2D eigenvalue weighted by Crippen LogP contribution is 2.08. The lowest BCUT2D eigenvalue weighted by atomic mass is 10.6. The molecule has 72 valence electrons. The predicted molar refractivity (Wildman–Crippen MR) is 64.0 cm³/mol. The molecule has 0 amide bonds. The first-order valence-electron chi connectivity index (χ1n) is 4.05. The van der Waals surface area contributed by atoms with Crippen molar-refractivity contribution in [2.75, 3.05) is 5.75 Å². The summed E-state index contributed by atoms with van der Waals surface area (Å²) < 4.78 is 0.641. The summed E-state index contributed by atoms with van der Waals surface area (Å²) in [6, 6.07) is 0. The van der Waals surface area contributed by atoms with Gasteiger partial charge in [-0.2, -0.15) is 11.8 Å². The molecule has 1 rings (SSSR count). The molecule has 0 atom stereocenters. The number of halogens is 1. The zero-order valence-corrected chi connectivity index (χ0v) is 10.3. The smallest absolute Gasteiger partial charge is 0.264 e. The summed E-state index contributed by atoms with van der Waals surface area (Å²) in [5, 5.41) is 0. The Hall–Kier alpha value is -0.0400. The molecule has 5 heteroatoms. The van der Waals surface area contributed by atoms with Crippen LogP contribution in [-0.2, 0) is 5.75 Å². The predicted octanol–water partition coefficient (Wildman–Crippen LogP) is 2.02. The van der Waals surface area contributed by atoms with Crippen molar-refractivity contribution in [2.45, 2.75) is 19.1 Å². The van der Waals surface area contributed by atoms with Crippen molar-refractivity contribution < 1.29 is 0 Å². The van der Waals surface area contributed by atoms with Crippen LogP contribution >= 0.6 is 34.4 Å². The Morgan fingerprint density at radius 2 is 2.46 bits per heavy atom. The molecule has 3 nitrogen and oxygen atoms in total. The van der Waals surface area contributed by atoms with Crippen molar-refractivity contribution in [1.29, 1.82) is 0 Å². The summed E-state index contributed by atoms with van der Waals surface area (Å²) in [4.78, 5) is 18.0. The molecule has 0 aliphatic rings. The van der Waals surface area contributed by atoms with Gasteiger partial charge < -0.3 is 4.98 Å². The van der Waals surface area contributed by atoms with E-state index in [1.54, 1.807) is 18.0 Å². The molecule has 0 saturated heterocycles. The number of aromatic nitrogens is 2. The maximum Gasteiger partial charge on any atom is 0.264 e. The zero-order chi connectivity index (χ0) is 9.68. The molecule has 1 aromatic heterocycles. The summed E-state index contributed by atoms with van der Waals surface area (Å²) >= 11 is 3.76. The second kappa shape index (κ2) is 5.64. The van der Waals surface area contributed by atoms with Gasteiger partial charge in [-0.3, -0.25) is 4.79 Å². The Labute approximate surface area is 94.9 Å². The third-order valence-corrected chi connectivity index (χ3v) is 3.34. The van der Waals surface area contributed by atoms with Gasteiger partial charge in [0.2, 0.25) is 0 Å². The zero-order valence-electron chi connectivity index (χ0n) is 7.34. The lowest BCUT2D eigenvalue weighted by Crippen LogP contribution is -2.13. The van der Waals surface area contributed by atoms with E-state index in [4.69, 9.17) is 0 Å². The van der Waals surface area contributed by atoms with Crippen molar-refractivity contribution >= 4 is 34.4 Å². The maximum atomic E-state index is 11.2. The molecule has 0 aliphatic heterocycles. The van der Waals surface area contributed by atoms with E-state index in [0.29, 0.717) is 3.57 Å². The van der Waals surface area contributed by atoms with Crippen LogP contribution in [0.15, 0.2) is 11.0 Å². The molecular formula is C8H11IN2OS. The lowest BCUT2D eigenvalue weighted by Gasteiger charge is -1.99. The van der Waals surface area contributed by atoms with Crippen molar-refractivity contribution in [3.8, 4) is 0 Å². The van der Waals surface area contributed by atoms with E-state index in [0.717, 1.165) is 23.8 Å². The molecule has 1 N–H and O–H groups in total. The molecule has 0 aromatic carbocycles. The van der Waals surface area contributed by atoms with E-state index in [1.165, 1.54) is 0 Å². The number of thioether (sulfide) groups is 1. The van der Waals surface area contributed by atoms with Crippen molar-refractivity contribution in [1.82, 2.24) is 9.97 Å². The number of nitrogens with one attached hydrogen (secondary N) is 1. The van der Waals surface area contributed by atoms with Gasteiger partial charge in [-0.25, -0.2) is 4.98 Å². The normalized spacial score (nSPS) is 10.3. The minimum absolute atomic E-state index is 0.0392. The van der Waals surface area contributed by atoms with Gasteiger partial charge in [-0.15, -0.1) is 0 Å². The Morgan fingerprint density at radius 1 is 1.69 bits per heavy atom. The fraction of sp³-hybridized carbons (Fsp3) is 0.500. The first-order valence-corrected chi connectivity index (χ1v) is 6.29. The molecule has 13 heavy (non-hydrogen) atoms. The summed E-state index contributed by atoms with van der Waals surface area (Å²) in [6.45, 7) is 2.14. The van der Waals surface area contributed by atoms with Gasteiger partial charge in [-0.1, -0.05) is 6.92 Å². The molecule has 0 aliphatic carbocycles. The molecular weight excluding hydrogens is 299 g/mol. The average molecular weight is 310 g/mol. The van der Waals surface area contributed by atoms with Gasteiger partial charge >= 0.3 is 0 Å². The second-order valence-corrected chi connectivity index (χ2v) is 4.83. The van der Waals surface area contributed by atoms with Crippen LogP contribution in [0.5, 0.6) is 0 Å². The SMILES string of the molecule is CCCSCc1ncc(I)c(=O)[nH]1. The van der Waals surface area contributed by atoms with Crippen molar-refractivity contribution in [3.63, 3.8) is 0 Å². The van der Waals surface area contributed by atoms with Crippen LogP contribution in [0.3, 0.4) is 0 Å². The monoisotopic (exact) mass is 310 g/mol. The molecule has 0 bridgehead atoms. The minimum Gasteiger partial charge on any atom is -0.309 e. The van der Waals surface area contributed by atoms with E-state index in [2.05, 4.69) is 16.9 Å². The van der Waals surface area contributed by atoms with Gasteiger partial charge in [0.15, 0.2) is 0 Å². The van der Waals surface area contributed by atoms with Gasteiger partial charge in [0.1, 0.15) is 5.82 Å². The third kappa shape index (κ3) is 3.68. The molecule has 0 saturated carbocycles. The maximum absolute atomic E-state index is 11.2. The summed E-state index contributed by atoms with van der Waals surface area (Å²) in [5.41, 5.74) is -0.0392. The standard InChI is InChI=1S/C8H11IN2OS/c1-2-3-13-5-7-10-4-6(9)8(12)11-7/h4H,2-3,5H2,1H3,(H,10,11,12). The van der Waals surface area contributed by atoms with Crippen LogP contribution in [-0.4, -0.2) is 15.7 Å². The minimum atomic E-state index is -0.0392. The molecule has 0 fully saturated rings. The Bertz CT molecular complexity index is 326. The van der Waals surface area contributed by atoms with Crippen LogP contribution in [0.1, 0.15) is 19.2 Å². The lowest BCUT2D eigenvalue weighted by molar-refractivity contribution is 0.986. The number of rotatable bonds is 4. The van der Waals surface area contributed by atoms with Crippen LogP contribution < -0.4 is 5.56 Å². The van der Waals surface area contributed by atoms with E-state index in [9.17, 15) is 4.79 Å². The van der Waals surface area contributed by atoms with Crippen LogP contribution in [0.4, 0.5) is 0 Å². The fourth-order valence-electron chi connectivity index (χ4n) is 0.803. The van der Waals surface area contributed by atoms with Crippen LogP contribution in [0.2, 0.25) is 0 Å². The van der Waals surface area contributed by atoms with E-state index >= 15 is 0 Å². The summed E-state index contributed by atoms with van der Waals surface area (Å²) in [7, 11) is 0. The van der Waals surface area contributed by atoms with Gasteiger partial charge in [0.05, 0.1) is 9.32 Å². The largest absolute Gasteiger partial charge is 0.309 e. The average Bonchev–Trinajstić information content (AvgIpc) is 2.12. The topological polar surface area (TPSA) is 45.8 Å². The van der Waals surface area contributed by atoms with Crippen molar-refractivity contribution in [3.05, 3.63) is 25.9 Å². The molecule has 1 heterocycles. The molecule has 1 aromatic rings. The first-order chi connectivity index (χ1) is 6.24. The van der Waals surface area contributed by atoms with Crippen molar-refractivity contribution in [2.24, 2.45) is 0 Å². The summed E-state index contributed by atoms with van der Waals surface area (Å²) in [6.07, 6.45) is 2.76. The highest BCUT2D eigenvalue weighted by Gasteiger charge is 1.98. The Morgan fingerprint density at radius 3 is 3.08 bits per heavy atom. The number of hydrogen-bond donors (Lipinski definition) is 1. The van der Waals surface area contributed by atoms with Gasteiger partial charge in [-0.05, 0) is 34.8 Å². The number of nitrogens with zero attached hydrogens (tertiary/aromatic N) is 1. The highest BCUT2D eigenvalue weighted by atomic mass is 127. The first kappa shape index (κ1) is 11.0. The number of aromatic amines is 1.